The zero-order chi connectivity index (χ0) is 19.8. The first-order valence-electron chi connectivity index (χ1n) is 9.84. The van der Waals surface area contributed by atoms with Crippen LogP contribution in [0.1, 0.15) is 18.4 Å². The van der Waals surface area contributed by atoms with Crippen molar-refractivity contribution < 1.29 is 5.11 Å². The molecule has 7 nitrogen and oxygen atoms in total. The highest BCUT2D eigenvalue weighted by molar-refractivity contribution is 5.93. The van der Waals surface area contributed by atoms with Gasteiger partial charge in [0.25, 0.3) is 0 Å². The molecule has 0 radical (unpaired) electrons. The van der Waals surface area contributed by atoms with Crippen molar-refractivity contribution in [1.82, 2.24) is 25.1 Å². The van der Waals surface area contributed by atoms with Crippen LogP contribution in [0.4, 0.5) is 5.82 Å². The Kier molecular flexibility index (Phi) is 4.44. The summed E-state index contributed by atoms with van der Waals surface area (Å²) in [6, 6.07) is 9.99. The lowest BCUT2D eigenvalue weighted by molar-refractivity contribution is 0.154. The van der Waals surface area contributed by atoms with Gasteiger partial charge in [-0.3, -0.25) is 15.1 Å². The molecule has 0 unspecified atom stereocenters. The minimum atomic E-state index is -0.298. The maximum Gasteiger partial charge on any atom is 0.132 e. The molecule has 5 heterocycles. The Hall–Kier alpha value is -3.32. The summed E-state index contributed by atoms with van der Waals surface area (Å²) >= 11 is 0. The largest absolute Gasteiger partial charge is 0.391 e. The summed E-state index contributed by atoms with van der Waals surface area (Å²) in [4.78, 5) is 15.8. The van der Waals surface area contributed by atoms with E-state index in [0.717, 1.165) is 64.3 Å². The van der Waals surface area contributed by atoms with E-state index in [4.69, 9.17) is 4.98 Å². The van der Waals surface area contributed by atoms with Crippen molar-refractivity contribution in [1.29, 1.82) is 0 Å². The number of fused-ring (bicyclic) bond motifs is 1. The van der Waals surface area contributed by atoms with Crippen LogP contribution in [0.3, 0.4) is 0 Å². The highest BCUT2D eigenvalue weighted by atomic mass is 16.3. The van der Waals surface area contributed by atoms with Crippen LogP contribution in [-0.2, 0) is 0 Å². The third-order valence-electron chi connectivity index (χ3n) is 5.41. The lowest BCUT2D eigenvalue weighted by Gasteiger charge is -2.32. The van der Waals surface area contributed by atoms with Gasteiger partial charge in [-0.25, -0.2) is 4.98 Å². The Morgan fingerprint density at radius 3 is 2.93 bits per heavy atom. The van der Waals surface area contributed by atoms with Gasteiger partial charge in [0.15, 0.2) is 0 Å². The van der Waals surface area contributed by atoms with Gasteiger partial charge in [0.1, 0.15) is 11.5 Å². The molecular formula is C22H22N6O. The van der Waals surface area contributed by atoms with Crippen LogP contribution < -0.4 is 4.90 Å². The van der Waals surface area contributed by atoms with Crippen molar-refractivity contribution >= 4 is 16.7 Å². The molecule has 0 saturated carbocycles. The van der Waals surface area contributed by atoms with E-state index < -0.39 is 0 Å². The number of aromatic amines is 1. The molecule has 1 saturated heterocycles. The molecule has 146 valence electrons. The van der Waals surface area contributed by atoms with Crippen molar-refractivity contribution in [2.75, 3.05) is 18.0 Å². The molecule has 1 aliphatic rings. The lowest BCUT2D eigenvalue weighted by Crippen LogP contribution is -2.39. The number of aliphatic hydroxyl groups excluding tert-OH is 1. The number of β-amino-alcohol motifs (C(OH)–C–C–N with tert-alkyl or cyclic N) is 1. The number of hydrogen-bond donors (Lipinski definition) is 2. The van der Waals surface area contributed by atoms with Gasteiger partial charge in [0.05, 0.1) is 29.2 Å². The second kappa shape index (κ2) is 7.25. The summed E-state index contributed by atoms with van der Waals surface area (Å²) in [7, 11) is 0. The Labute approximate surface area is 168 Å². The average molecular weight is 386 g/mol. The molecule has 1 aliphatic heterocycles. The number of piperidine rings is 1. The molecule has 0 aromatic carbocycles. The number of H-pyrrole nitrogens is 1. The molecule has 0 spiro atoms. The van der Waals surface area contributed by atoms with E-state index in [1.54, 1.807) is 18.6 Å². The highest BCUT2D eigenvalue weighted by Gasteiger charge is 2.21. The number of aryl methyl sites for hydroxylation is 1. The maximum absolute atomic E-state index is 10.1. The summed E-state index contributed by atoms with van der Waals surface area (Å²) in [5.41, 5.74) is 5.37. The number of aliphatic hydroxyl groups is 1. The van der Waals surface area contributed by atoms with Crippen LogP contribution in [0.25, 0.3) is 33.5 Å². The monoisotopic (exact) mass is 386 g/mol. The number of anilines is 1. The van der Waals surface area contributed by atoms with Gasteiger partial charge in [-0.05, 0) is 49.6 Å². The Balaban J connectivity index is 1.58. The lowest BCUT2D eigenvalue weighted by atomic mass is 10.1. The zero-order valence-corrected chi connectivity index (χ0v) is 16.2. The van der Waals surface area contributed by atoms with Crippen molar-refractivity contribution in [3.05, 3.63) is 54.5 Å². The van der Waals surface area contributed by atoms with Crippen molar-refractivity contribution in [3.8, 4) is 22.6 Å². The first kappa shape index (κ1) is 17.8. The molecule has 0 bridgehead atoms. The molecule has 2 N–H and O–H groups in total. The smallest absolute Gasteiger partial charge is 0.132 e. The minimum Gasteiger partial charge on any atom is -0.391 e. The normalized spacial score (nSPS) is 17.0. The van der Waals surface area contributed by atoms with Crippen LogP contribution in [0, 0.1) is 6.92 Å². The van der Waals surface area contributed by atoms with Crippen LogP contribution >= 0.6 is 0 Å². The topological polar surface area (TPSA) is 90.8 Å². The summed E-state index contributed by atoms with van der Waals surface area (Å²) in [5.74, 6) is 0.916. The quantitative estimate of drug-likeness (QED) is 0.561. The third-order valence-corrected chi connectivity index (χ3v) is 5.41. The van der Waals surface area contributed by atoms with Crippen molar-refractivity contribution in [2.45, 2.75) is 25.9 Å². The van der Waals surface area contributed by atoms with Gasteiger partial charge in [-0.15, -0.1) is 0 Å². The maximum atomic E-state index is 10.1. The minimum absolute atomic E-state index is 0.298. The molecule has 0 aliphatic carbocycles. The molecule has 4 aromatic heterocycles. The second-order valence-electron chi connectivity index (χ2n) is 7.51. The van der Waals surface area contributed by atoms with Crippen LogP contribution in [-0.4, -0.2) is 49.4 Å². The fraction of sp³-hybridized carbons (Fsp3) is 0.273. The van der Waals surface area contributed by atoms with E-state index in [9.17, 15) is 5.11 Å². The van der Waals surface area contributed by atoms with E-state index in [-0.39, 0.29) is 6.10 Å². The highest BCUT2D eigenvalue weighted by Crippen LogP contribution is 2.31. The molecule has 29 heavy (non-hydrogen) atoms. The molecule has 7 heteroatoms. The zero-order valence-electron chi connectivity index (χ0n) is 16.2. The number of nitrogens with zero attached hydrogens (tertiary/aromatic N) is 5. The number of pyridine rings is 3. The van der Waals surface area contributed by atoms with E-state index in [2.05, 4.69) is 38.1 Å². The predicted molar refractivity (Wildman–Crippen MR) is 113 cm³/mol. The third kappa shape index (κ3) is 3.34. The summed E-state index contributed by atoms with van der Waals surface area (Å²) < 4.78 is 0. The first-order valence-corrected chi connectivity index (χ1v) is 9.84. The summed E-state index contributed by atoms with van der Waals surface area (Å²) in [6.07, 6.45) is 6.87. The Morgan fingerprint density at radius 2 is 2.10 bits per heavy atom. The van der Waals surface area contributed by atoms with Crippen LogP contribution in [0.15, 0.2) is 48.9 Å². The average Bonchev–Trinajstić information content (AvgIpc) is 3.18. The number of hydrogen-bond acceptors (Lipinski definition) is 6. The standard InChI is InChI=1S/C22H22N6O/c1-14-6-7-18(25-22(14)28-9-3-5-16(29)13-28)21-17-10-19(15-4-2-8-23-11-15)24-12-20(17)26-27-21/h2,4,6-8,10-12,16,29H,3,5,9,13H2,1H3,(H,26,27)/t16-/m1/s1. The van der Waals surface area contributed by atoms with Crippen molar-refractivity contribution in [3.63, 3.8) is 0 Å². The van der Waals surface area contributed by atoms with Gasteiger partial charge in [0.2, 0.25) is 0 Å². The fourth-order valence-corrected chi connectivity index (χ4v) is 3.90. The molecule has 4 aromatic rings. The molecule has 0 amide bonds. The number of aromatic nitrogens is 5. The SMILES string of the molecule is Cc1ccc(-c2n[nH]c3cnc(-c4cccnc4)cc23)nc1N1CCC[C@@H](O)C1. The van der Waals surface area contributed by atoms with E-state index in [1.807, 2.05) is 24.3 Å². The van der Waals surface area contributed by atoms with Crippen molar-refractivity contribution in [2.24, 2.45) is 0 Å². The van der Waals surface area contributed by atoms with E-state index in [0.29, 0.717) is 6.54 Å². The van der Waals surface area contributed by atoms with E-state index in [1.165, 1.54) is 0 Å². The Bertz CT molecular complexity index is 1160. The molecule has 5 rings (SSSR count). The molecule has 1 fully saturated rings. The number of rotatable bonds is 3. The van der Waals surface area contributed by atoms with Gasteiger partial charge >= 0.3 is 0 Å². The Morgan fingerprint density at radius 1 is 1.17 bits per heavy atom. The molecular weight excluding hydrogens is 364 g/mol. The van der Waals surface area contributed by atoms with Gasteiger partial charge in [-0.2, -0.15) is 5.10 Å². The number of nitrogens with one attached hydrogen (secondary N) is 1. The van der Waals surface area contributed by atoms with Gasteiger partial charge < -0.3 is 10.0 Å². The summed E-state index contributed by atoms with van der Waals surface area (Å²) in [5, 5.41) is 18.6. The van der Waals surface area contributed by atoms with Crippen LogP contribution in [0.5, 0.6) is 0 Å². The fourth-order valence-electron chi connectivity index (χ4n) is 3.90. The van der Waals surface area contributed by atoms with Crippen LogP contribution in [0.2, 0.25) is 0 Å². The van der Waals surface area contributed by atoms with Gasteiger partial charge in [0, 0.05) is 36.4 Å². The molecule has 1 atom stereocenters. The van der Waals surface area contributed by atoms with E-state index >= 15 is 0 Å². The predicted octanol–water partition coefficient (Wildman–Crippen LogP) is 3.35. The second-order valence-corrected chi connectivity index (χ2v) is 7.51. The van der Waals surface area contributed by atoms with Gasteiger partial charge in [-0.1, -0.05) is 6.07 Å². The first-order chi connectivity index (χ1) is 14.2. The summed E-state index contributed by atoms with van der Waals surface area (Å²) in [6.45, 7) is 3.58.